The number of halogens is 15. The molecule has 0 radical (unpaired) electrons. The summed E-state index contributed by atoms with van der Waals surface area (Å²) < 4.78 is 221. The molecule has 0 saturated heterocycles. The summed E-state index contributed by atoms with van der Waals surface area (Å²) in [5.41, 5.74) is -1.85. The van der Waals surface area contributed by atoms with Gasteiger partial charge in [0.25, 0.3) is 5.69 Å². The number of ether oxygens (including phenoxy) is 1. The molecule has 0 saturated carbocycles. The number of alkyl halides is 15. The number of carbonyl (C=O) groups is 1. The van der Waals surface area contributed by atoms with Crippen LogP contribution in [-0.2, 0) is 19.4 Å². The van der Waals surface area contributed by atoms with Crippen LogP contribution >= 0.6 is 11.8 Å². The minimum Gasteiger partial charge on any atom is -0.458 e. The van der Waals surface area contributed by atoms with E-state index in [9.17, 15) is 89.2 Å². The summed E-state index contributed by atoms with van der Waals surface area (Å²) in [4.78, 5) is 17.8. The van der Waals surface area contributed by atoms with Crippen LogP contribution in [-0.4, -0.2) is 73.2 Å². The van der Waals surface area contributed by atoms with E-state index in [1.165, 1.54) is 0 Å². The summed E-state index contributed by atoms with van der Waals surface area (Å²) in [5.74, 6) is -31.3. The highest BCUT2D eigenvalue weighted by Crippen LogP contribution is 2.54. The van der Waals surface area contributed by atoms with Gasteiger partial charge in [-0.2, -0.15) is 57.1 Å². The summed E-state index contributed by atoms with van der Waals surface area (Å²) in [5, 5.41) is 5.11. The van der Waals surface area contributed by atoms with Crippen molar-refractivity contribution in [3.63, 3.8) is 0 Å². The molecule has 0 fully saturated rings. The number of hydrogen-bond donors (Lipinski definition) is 0. The van der Waals surface area contributed by atoms with E-state index in [1.54, 1.807) is 0 Å². The molecule has 0 bridgehead atoms. The molecule has 0 N–H and O–H groups in total. The zero-order valence-electron chi connectivity index (χ0n) is 18.1. The Morgan fingerprint density at radius 1 is 0.925 bits per heavy atom. The Morgan fingerprint density at radius 3 is 1.85 bits per heavy atom. The molecule has 0 heterocycles. The van der Waals surface area contributed by atoms with Crippen molar-refractivity contribution in [2.24, 2.45) is 0 Å². The number of nitrogens with zero attached hydrogens (tertiary/aromatic N) is 1. The Labute approximate surface area is 214 Å². The van der Waals surface area contributed by atoms with Crippen LogP contribution in [0.2, 0.25) is 0 Å². The number of thioether (sulfide) groups is 1. The second-order valence-electron chi connectivity index (χ2n) is 7.20. The number of hydrogen-bond acceptors (Lipinski definition) is 7. The van der Waals surface area contributed by atoms with Gasteiger partial charge < -0.3 is 4.74 Å². The first kappa shape index (κ1) is 35.4. The fourth-order valence-electron chi connectivity index (χ4n) is 2.26. The molecule has 0 amide bonds. The minimum absolute atomic E-state index is 0.0252. The molecule has 0 aliphatic heterocycles. The highest BCUT2D eigenvalue weighted by atomic mass is 32.2. The molecule has 40 heavy (non-hydrogen) atoms. The van der Waals surface area contributed by atoms with Crippen molar-refractivity contribution in [3.05, 3.63) is 28.3 Å². The lowest BCUT2D eigenvalue weighted by atomic mass is 10.1. The van der Waals surface area contributed by atoms with Crippen LogP contribution in [0.1, 0.15) is 0 Å². The van der Waals surface area contributed by atoms with Gasteiger partial charge in [0.05, 0.1) is 4.92 Å². The lowest BCUT2D eigenvalue weighted by Gasteiger charge is -2.31. The van der Waals surface area contributed by atoms with Crippen LogP contribution in [0.5, 0.6) is 0 Å². The van der Waals surface area contributed by atoms with Crippen LogP contribution in [0.15, 0.2) is 28.0 Å². The van der Waals surface area contributed by atoms with Gasteiger partial charge in [0.15, 0.2) is 22.2 Å². The molecule has 230 valence electrons. The number of benzene rings is 1. The lowest BCUT2D eigenvalue weighted by molar-refractivity contribution is -0.388. The third-order valence-corrected chi connectivity index (χ3v) is 6.94. The zero-order chi connectivity index (χ0) is 31.9. The van der Waals surface area contributed by atoms with Crippen molar-refractivity contribution in [2.75, 3.05) is 12.4 Å². The summed E-state index contributed by atoms with van der Waals surface area (Å²) in [6, 6.07) is -0.307. The average Bonchev–Trinajstić information content (AvgIpc) is 2.75. The number of esters is 1. The van der Waals surface area contributed by atoms with Crippen LogP contribution in [0.4, 0.5) is 71.5 Å². The third-order valence-electron chi connectivity index (χ3n) is 4.30. The quantitative estimate of drug-likeness (QED) is 0.0897. The molecular weight excluding hydrogens is 651 g/mol. The minimum atomic E-state index is -6.86. The number of rotatable bonds is 12. The molecular formula is C16H8F15NO6S2. The summed E-state index contributed by atoms with van der Waals surface area (Å²) in [6.45, 7) is -3.11. The summed E-state index contributed by atoms with van der Waals surface area (Å²) >= 11 is -1.60. The third kappa shape index (κ3) is 6.79. The maximum absolute atomic E-state index is 13.5. The Bertz CT molecular complexity index is 1230. The molecule has 1 aromatic carbocycles. The van der Waals surface area contributed by atoms with Crippen molar-refractivity contribution in [3.8, 4) is 0 Å². The van der Waals surface area contributed by atoms with Crippen LogP contribution < -0.4 is 0 Å². The Hall–Kier alpha value is -2.66. The van der Waals surface area contributed by atoms with E-state index in [-0.39, 0.29) is 18.2 Å². The van der Waals surface area contributed by atoms with Gasteiger partial charge in [-0.1, -0.05) is 0 Å². The fraction of sp³-hybridized carbons (Fsp3) is 0.562. The first-order valence-corrected chi connectivity index (χ1v) is 11.6. The lowest BCUT2D eigenvalue weighted by Crippen LogP contribution is -2.59. The molecule has 0 spiro atoms. The van der Waals surface area contributed by atoms with E-state index in [0.29, 0.717) is 0 Å². The first-order chi connectivity index (χ1) is 17.5. The van der Waals surface area contributed by atoms with E-state index in [1.807, 2.05) is 0 Å². The van der Waals surface area contributed by atoms with Gasteiger partial charge in [0.2, 0.25) is 0 Å². The highest BCUT2D eigenvalue weighted by molar-refractivity contribution is 8.00. The standard InChI is InChI=1S/C16H8F15NO6S2/c17-10(18)12(21,22)13(23,24)11(19,20)5-38-9(33)4-40(36,37)8-2-1-6(3-7(8)32(34)35)39-16(30,31)14(25,26)15(27,28)29/h1-3,10H,4-5H2. The molecule has 1 rings (SSSR count). The van der Waals surface area contributed by atoms with E-state index in [4.69, 9.17) is 0 Å². The van der Waals surface area contributed by atoms with E-state index in [0.717, 1.165) is 0 Å². The van der Waals surface area contributed by atoms with Crippen molar-refractivity contribution in [2.45, 2.75) is 51.3 Å². The average molecular weight is 659 g/mol. The van der Waals surface area contributed by atoms with Gasteiger partial charge in [0, 0.05) is 11.0 Å². The fourth-order valence-corrected chi connectivity index (χ4v) is 4.38. The van der Waals surface area contributed by atoms with Crippen LogP contribution in [0, 0.1) is 10.1 Å². The first-order valence-electron chi connectivity index (χ1n) is 9.15. The van der Waals surface area contributed by atoms with Gasteiger partial charge in [0.1, 0.15) is 4.90 Å². The maximum Gasteiger partial charge on any atom is 0.460 e. The predicted molar refractivity (Wildman–Crippen MR) is 98.8 cm³/mol. The van der Waals surface area contributed by atoms with Gasteiger partial charge in [-0.25, -0.2) is 17.2 Å². The second-order valence-corrected chi connectivity index (χ2v) is 10.3. The molecule has 0 aromatic heterocycles. The molecule has 0 aliphatic rings. The van der Waals surface area contributed by atoms with Crippen LogP contribution in [0.3, 0.4) is 0 Å². The zero-order valence-corrected chi connectivity index (χ0v) is 19.7. The van der Waals surface area contributed by atoms with E-state index >= 15 is 0 Å². The number of nitro groups is 1. The molecule has 24 heteroatoms. The van der Waals surface area contributed by atoms with Gasteiger partial charge in [-0.05, 0) is 23.9 Å². The Balaban J connectivity index is 3.23. The SMILES string of the molecule is O=C(CS(=O)(=O)c1ccc(SC(F)(F)C(F)(F)C(F)(F)F)cc1[N+](=O)[O-])OCC(F)(F)C(F)(F)C(F)(F)C(F)F. The van der Waals surface area contributed by atoms with Crippen molar-refractivity contribution < 1.29 is 88.7 Å². The smallest absolute Gasteiger partial charge is 0.458 e. The highest BCUT2D eigenvalue weighted by Gasteiger charge is 2.76. The largest absolute Gasteiger partial charge is 0.460 e. The number of carbonyl (C=O) groups excluding carboxylic acids is 1. The Kier molecular flexibility index (Phi) is 9.69. The Morgan fingerprint density at radius 2 is 1.43 bits per heavy atom. The summed E-state index contributed by atoms with van der Waals surface area (Å²) in [7, 11) is -5.53. The monoisotopic (exact) mass is 659 g/mol. The molecule has 0 atom stereocenters. The van der Waals surface area contributed by atoms with Gasteiger partial charge in [-0.15, -0.1) is 0 Å². The number of sulfone groups is 1. The molecule has 7 nitrogen and oxygen atoms in total. The van der Waals surface area contributed by atoms with Crippen molar-refractivity contribution >= 4 is 33.3 Å². The second kappa shape index (κ2) is 11.0. The van der Waals surface area contributed by atoms with Crippen LogP contribution in [0.25, 0.3) is 0 Å². The van der Waals surface area contributed by atoms with Gasteiger partial charge >= 0.3 is 47.5 Å². The molecule has 0 unspecified atom stereocenters. The molecule has 0 aliphatic carbocycles. The number of nitro benzene ring substituents is 1. The normalized spacial score (nSPS) is 14.4. The maximum atomic E-state index is 13.5. The van der Waals surface area contributed by atoms with Crippen molar-refractivity contribution in [1.29, 1.82) is 0 Å². The van der Waals surface area contributed by atoms with Crippen molar-refractivity contribution in [1.82, 2.24) is 0 Å². The predicted octanol–water partition coefficient (Wildman–Crippen LogP) is 5.97. The molecule has 1 aromatic rings. The van der Waals surface area contributed by atoms with E-state index in [2.05, 4.69) is 4.74 Å². The topological polar surface area (TPSA) is 104 Å². The van der Waals surface area contributed by atoms with Gasteiger partial charge in [-0.3, -0.25) is 14.9 Å². The summed E-state index contributed by atoms with van der Waals surface area (Å²) in [6.07, 6.45) is -12.2. The van der Waals surface area contributed by atoms with E-state index < -0.39 is 102 Å².